The van der Waals surface area contributed by atoms with Crippen LogP contribution in [0.5, 0.6) is 0 Å². The third kappa shape index (κ3) is 3.18. The highest BCUT2D eigenvalue weighted by Gasteiger charge is 2.43. The molecule has 0 aliphatic carbocycles. The van der Waals surface area contributed by atoms with Crippen LogP contribution >= 0.6 is 11.5 Å². The monoisotopic (exact) mass is 376 g/mol. The minimum absolute atomic E-state index is 0.0319. The highest BCUT2D eigenvalue weighted by Crippen LogP contribution is 2.41. The van der Waals surface area contributed by atoms with E-state index in [1.165, 1.54) is 11.0 Å². The second kappa shape index (κ2) is 6.71. The molecular formula is C15H20N8O2S. The van der Waals surface area contributed by atoms with Crippen molar-refractivity contribution >= 4 is 23.3 Å². The molecule has 2 aromatic heterocycles. The summed E-state index contributed by atoms with van der Waals surface area (Å²) < 4.78 is 5.30. The summed E-state index contributed by atoms with van der Waals surface area (Å²) in [5.74, 6) is 0.0657. The van der Waals surface area contributed by atoms with E-state index in [9.17, 15) is 9.59 Å². The van der Waals surface area contributed by atoms with Gasteiger partial charge in [0.25, 0.3) is 5.91 Å². The minimum atomic E-state index is 0.0319. The van der Waals surface area contributed by atoms with Gasteiger partial charge in [-0.15, -0.1) is 10.2 Å². The number of likely N-dealkylation sites (tertiary alicyclic amines) is 2. The molecule has 0 N–H and O–H groups in total. The van der Waals surface area contributed by atoms with E-state index in [0.29, 0.717) is 23.7 Å². The molecule has 0 unspecified atom stereocenters. The Balaban J connectivity index is 1.33. The molecule has 26 heavy (non-hydrogen) atoms. The Morgan fingerprint density at radius 2 is 1.92 bits per heavy atom. The van der Waals surface area contributed by atoms with Crippen LogP contribution in [0.3, 0.4) is 0 Å². The van der Waals surface area contributed by atoms with Crippen molar-refractivity contribution in [1.29, 1.82) is 0 Å². The molecule has 4 heterocycles. The second-order valence-corrected chi connectivity index (χ2v) is 7.81. The van der Waals surface area contributed by atoms with Crippen LogP contribution in [0.15, 0.2) is 6.33 Å². The number of carbonyl (C=O) groups excluding carboxylic acids is 2. The van der Waals surface area contributed by atoms with Crippen molar-refractivity contribution in [3.05, 3.63) is 16.9 Å². The number of aryl methyl sites for hydroxylation is 1. The summed E-state index contributed by atoms with van der Waals surface area (Å²) in [6.45, 7) is 4.92. The summed E-state index contributed by atoms with van der Waals surface area (Å²) in [7, 11) is 0. The maximum atomic E-state index is 12.7. The van der Waals surface area contributed by atoms with Gasteiger partial charge in [0.2, 0.25) is 5.91 Å². The third-order valence-corrected chi connectivity index (χ3v) is 6.25. The lowest BCUT2D eigenvalue weighted by Crippen LogP contribution is -2.45. The van der Waals surface area contributed by atoms with Crippen LogP contribution in [-0.4, -0.2) is 77.6 Å². The van der Waals surface area contributed by atoms with E-state index >= 15 is 0 Å². The average molecular weight is 376 g/mol. The molecule has 10 nitrogen and oxygen atoms in total. The number of tetrazole rings is 1. The first kappa shape index (κ1) is 17.0. The van der Waals surface area contributed by atoms with Crippen LogP contribution in [0, 0.1) is 12.3 Å². The number of nitrogens with zero attached hydrogens (tertiary/aromatic N) is 8. The van der Waals surface area contributed by atoms with Gasteiger partial charge in [0.15, 0.2) is 0 Å². The Morgan fingerprint density at radius 1 is 1.19 bits per heavy atom. The van der Waals surface area contributed by atoms with E-state index in [1.807, 2.05) is 16.7 Å². The Hall–Kier alpha value is -2.43. The Labute approximate surface area is 154 Å². The van der Waals surface area contributed by atoms with E-state index in [2.05, 4.69) is 25.1 Å². The molecule has 0 aromatic carbocycles. The standard InChI is InChI=1S/C15H20N8O2S/c1-11-13(26-20-17-11)14(25)22-7-4-15(9-22)2-5-21(6-3-15)12(24)8-23-10-16-18-19-23/h10H,2-9H2,1H3. The highest BCUT2D eigenvalue weighted by molar-refractivity contribution is 7.07. The van der Waals surface area contributed by atoms with E-state index in [1.54, 1.807) is 0 Å². The van der Waals surface area contributed by atoms with Gasteiger partial charge in [-0.25, -0.2) is 4.68 Å². The van der Waals surface area contributed by atoms with Crippen molar-refractivity contribution in [3.63, 3.8) is 0 Å². The van der Waals surface area contributed by atoms with Crippen molar-refractivity contribution < 1.29 is 9.59 Å². The zero-order valence-corrected chi connectivity index (χ0v) is 15.4. The number of hydrogen-bond acceptors (Lipinski definition) is 8. The molecular weight excluding hydrogens is 356 g/mol. The molecule has 1 spiro atoms. The van der Waals surface area contributed by atoms with E-state index in [-0.39, 0.29) is 23.8 Å². The van der Waals surface area contributed by atoms with Crippen molar-refractivity contribution in [1.82, 2.24) is 39.6 Å². The summed E-state index contributed by atoms with van der Waals surface area (Å²) in [4.78, 5) is 29.5. The van der Waals surface area contributed by atoms with Gasteiger partial charge in [-0.05, 0) is 53.6 Å². The Bertz CT molecular complexity index is 796. The van der Waals surface area contributed by atoms with E-state index in [0.717, 1.165) is 43.9 Å². The van der Waals surface area contributed by atoms with Gasteiger partial charge in [0, 0.05) is 26.2 Å². The SMILES string of the molecule is Cc1nnsc1C(=O)N1CCC2(CCN(C(=O)Cn3cnnn3)CC2)C1. The predicted molar refractivity (Wildman–Crippen MR) is 91.2 cm³/mol. The zero-order valence-electron chi connectivity index (χ0n) is 14.5. The zero-order chi connectivity index (χ0) is 18.1. The maximum Gasteiger partial charge on any atom is 0.267 e. The molecule has 2 saturated heterocycles. The van der Waals surface area contributed by atoms with Crippen LogP contribution in [0.1, 0.15) is 34.6 Å². The molecule has 11 heteroatoms. The van der Waals surface area contributed by atoms with Gasteiger partial charge < -0.3 is 9.80 Å². The van der Waals surface area contributed by atoms with Crippen LogP contribution in [0.25, 0.3) is 0 Å². The summed E-state index contributed by atoms with van der Waals surface area (Å²) in [6.07, 6.45) is 4.26. The number of aromatic nitrogens is 6. The summed E-state index contributed by atoms with van der Waals surface area (Å²) in [5.41, 5.74) is 0.816. The molecule has 0 radical (unpaired) electrons. The summed E-state index contributed by atoms with van der Waals surface area (Å²) in [5, 5.41) is 14.8. The number of carbonyl (C=O) groups is 2. The maximum absolute atomic E-state index is 12.7. The topological polar surface area (TPSA) is 110 Å². The van der Waals surface area contributed by atoms with Gasteiger partial charge in [-0.1, -0.05) is 4.49 Å². The summed E-state index contributed by atoms with van der Waals surface area (Å²) >= 11 is 1.16. The quantitative estimate of drug-likeness (QED) is 0.741. The predicted octanol–water partition coefficient (Wildman–Crippen LogP) is -0.0121. The molecule has 4 rings (SSSR count). The van der Waals surface area contributed by atoms with Crippen LogP contribution in [0.2, 0.25) is 0 Å². The normalized spacial score (nSPS) is 19.3. The Morgan fingerprint density at radius 3 is 2.54 bits per heavy atom. The van der Waals surface area contributed by atoms with Crippen LogP contribution < -0.4 is 0 Å². The van der Waals surface area contributed by atoms with E-state index < -0.39 is 0 Å². The van der Waals surface area contributed by atoms with Crippen molar-refractivity contribution in [3.8, 4) is 0 Å². The first-order chi connectivity index (χ1) is 12.6. The average Bonchev–Trinajstić information content (AvgIpc) is 3.37. The molecule has 2 fully saturated rings. The van der Waals surface area contributed by atoms with Gasteiger partial charge in [0.05, 0.1) is 5.69 Å². The van der Waals surface area contributed by atoms with Crippen molar-refractivity contribution in [2.24, 2.45) is 5.41 Å². The number of amides is 2. The smallest absolute Gasteiger partial charge is 0.267 e. The fourth-order valence-electron chi connectivity index (χ4n) is 3.81. The first-order valence-electron chi connectivity index (χ1n) is 8.63. The molecule has 2 aliphatic heterocycles. The van der Waals surface area contributed by atoms with Crippen molar-refractivity contribution in [2.75, 3.05) is 26.2 Å². The largest absolute Gasteiger partial charge is 0.341 e. The second-order valence-electron chi connectivity index (χ2n) is 7.05. The van der Waals surface area contributed by atoms with Gasteiger partial charge >= 0.3 is 0 Å². The molecule has 0 saturated carbocycles. The molecule has 2 aliphatic rings. The third-order valence-electron chi connectivity index (χ3n) is 5.44. The van der Waals surface area contributed by atoms with Gasteiger partial charge in [-0.3, -0.25) is 9.59 Å². The minimum Gasteiger partial charge on any atom is -0.341 e. The lowest BCUT2D eigenvalue weighted by Gasteiger charge is -2.39. The van der Waals surface area contributed by atoms with Gasteiger partial charge in [0.1, 0.15) is 17.7 Å². The summed E-state index contributed by atoms with van der Waals surface area (Å²) in [6, 6.07) is 0. The molecule has 2 amide bonds. The highest BCUT2D eigenvalue weighted by atomic mass is 32.1. The number of hydrogen-bond donors (Lipinski definition) is 0. The molecule has 138 valence electrons. The van der Waals surface area contributed by atoms with Crippen molar-refractivity contribution in [2.45, 2.75) is 32.7 Å². The van der Waals surface area contributed by atoms with Crippen LogP contribution in [-0.2, 0) is 11.3 Å². The molecule has 0 atom stereocenters. The number of piperidine rings is 1. The lowest BCUT2D eigenvalue weighted by atomic mass is 9.78. The van der Waals surface area contributed by atoms with Crippen LogP contribution in [0.4, 0.5) is 0 Å². The first-order valence-corrected chi connectivity index (χ1v) is 9.40. The van der Waals surface area contributed by atoms with Gasteiger partial charge in [-0.2, -0.15) is 0 Å². The fourth-order valence-corrected chi connectivity index (χ4v) is 4.43. The van der Waals surface area contributed by atoms with E-state index in [4.69, 9.17) is 0 Å². The molecule has 2 aromatic rings. The molecule has 0 bridgehead atoms. The number of rotatable bonds is 3. The lowest BCUT2D eigenvalue weighted by molar-refractivity contribution is -0.134. The fraction of sp³-hybridized carbons (Fsp3) is 0.667. The Kier molecular flexibility index (Phi) is 4.39.